The van der Waals surface area contributed by atoms with Gasteiger partial charge in [-0.3, -0.25) is 9.99 Å². The van der Waals surface area contributed by atoms with Crippen LogP contribution < -0.4 is 9.47 Å². The Bertz CT molecular complexity index is 688. The van der Waals surface area contributed by atoms with Crippen molar-refractivity contribution in [2.24, 2.45) is 5.10 Å². The van der Waals surface area contributed by atoms with Crippen LogP contribution in [0.2, 0.25) is 0 Å². The Labute approximate surface area is 128 Å². The van der Waals surface area contributed by atoms with Crippen LogP contribution in [-0.2, 0) is 4.74 Å². The lowest BCUT2D eigenvalue weighted by atomic mass is 10.1. The third-order valence-corrected chi connectivity index (χ3v) is 3.44. The Morgan fingerprint density at radius 3 is 2.55 bits per heavy atom. The quantitative estimate of drug-likeness (QED) is 0.868. The van der Waals surface area contributed by atoms with Crippen molar-refractivity contribution in [2.75, 3.05) is 21.3 Å². The van der Waals surface area contributed by atoms with Crippen LogP contribution in [-0.4, -0.2) is 37.2 Å². The van der Waals surface area contributed by atoms with E-state index in [0.717, 1.165) is 22.6 Å². The summed E-state index contributed by atoms with van der Waals surface area (Å²) in [6, 6.07) is 9.32. The number of hydrogen-bond donors (Lipinski definition) is 0. The maximum atomic E-state index is 6.00. The lowest BCUT2D eigenvalue weighted by Gasteiger charge is -2.21. The number of aromatic nitrogens is 1. The van der Waals surface area contributed by atoms with Crippen LogP contribution in [0.15, 0.2) is 47.8 Å². The van der Waals surface area contributed by atoms with Gasteiger partial charge in [0.05, 0.1) is 19.8 Å². The molecule has 0 radical (unpaired) electrons. The van der Waals surface area contributed by atoms with Crippen LogP contribution in [0.3, 0.4) is 0 Å². The minimum Gasteiger partial charge on any atom is -0.497 e. The van der Waals surface area contributed by atoms with Crippen LogP contribution in [0.5, 0.6) is 11.5 Å². The van der Waals surface area contributed by atoms with Gasteiger partial charge >= 0.3 is 0 Å². The fourth-order valence-corrected chi connectivity index (χ4v) is 2.32. The van der Waals surface area contributed by atoms with Gasteiger partial charge in [0.2, 0.25) is 12.1 Å². The van der Waals surface area contributed by atoms with E-state index in [2.05, 4.69) is 10.1 Å². The first-order chi connectivity index (χ1) is 10.7. The molecule has 2 heterocycles. The minimum absolute atomic E-state index is 0.367. The van der Waals surface area contributed by atoms with E-state index in [-0.39, 0.29) is 6.23 Å². The first-order valence-corrected chi connectivity index (χ1v) is 6.83. The summed E-state index contributed by atoms with van der Waals surface area (Å²) < 4.78 is 16.7. The summed E-state index contributed by atoms with van der Waals surface area (Å²) in [5.41, 5.74) is 1.74. The maximum Gasteiger partial charge on any atom is 0.240 e. The first-order valence-electron chi connectivity index (χ1n) is 6.83. The molecule has 1 aliphatic rings. The van der Waals surface area contributed by atoms with Gasteiger partial charge in [-0.2, -0.15) is 0 Å². The zero-order valence-corrected chi connectivity index (χ0v) is 12.7. The summed E-state index contributed by atoms with van der Waals surface area (Å²) in [6.45, 7) is 0. The molecule has 22 heavy (non-hydrogen) atoms. The topological polar surface area (TPSA) is 56.2 Å². The maximum absolute atomic E-state index is 6.00. The van der Waals surface area contributed by atoms with Crippen LogP contribution >= 0.6 is 0 Å². The van der Waals surface area contributed by atoms with E-state index in [0.29, 0.717) is 5.90 Å². The predicted octanol–water partition coefficient (Wildman–Crippen LogP) is 2.42. The highest BCUT2D eigenvalue weighted by molar-refractivity contribution is 5.94. The molecule has 114 valence electrons. The van der Waals surface area contributed by atoms with E-state index in [1.165, 1.54) is 0 Å². The molecule has 1 aliphatic heterocycles. The molecule has 0 spiro atoms. The van der Waals surface area contributed by atoms with Crippen molar-refractivity contribution in [3.8, 4) is 11.5 Å². The van der Waals surface area contributed by atoms with Gasteiger partial charge in [-0.15, -0.1) is 5.10 Å². The monoisotopic (exact) mass is 299 g/mol. The molecule has 1 atom stereocenters. The van der Waals surface area contributed by atoms with Gasteiger partial charge < -0.3 is 14.2 Å². The molecule has 3 rings (SSSR count). The molecule has 2 aromatic rings. The molecule has 0 amide bonds. The van der Waals surface area contributed by atoms with E-state index < -0.39 is 0 Å². The summed E-state index contributed by atoms with van der Waals surface area (Å²) in [6.07, 6.45) is 3.05. The largest absolute Gasteiger partial charge is 0.497 e. The number of pyridine rings is 1. The molecule has 1 aromatic carbocycles. The van der Waals surface area contributed by atoms with Crippen molar-refractivity contribution in [3.05, 3.63) is 53.9 Å². The van der Waals surface area contributed by atoms with E-state index in [1.54, 1.807) is 31.6 Å². The van der Waals surface area contributed by atoms with Gasteiger partial charge in [-0.05, 0) is 30.3 Å². The van der Waals surface area contributed by atoms with Crippen molar-refractivity contribution in [1.82, 2.24) is 9.99 Å². The van der Waals surface area contributed by atoms with Crippen molar-refractivity contribution >= 4 is 5.90 Å². The van der Waals surface area contributed by atoms with Gasteiger partial charge in [0.1, 0.15) is 11.5 Å². The highest BCUT2D eigenvalue weighted by Gasteiger charge is 2.30. The van der Waals surface area contributed by atoms with Gasteiger partial charge in [0, 0.05) is 25.0 Å². The summed E-state index contributed by atoms with van der Waals surface area (Å²) in [5.74, 6) is 2.02. The standard InChI is InChI=1S/C16H17N3O3/c1-19-16(13-10-12(20-2)4-5-14(13)21-3)22-15(18-19)11-6-8-17-9-7-11/h4-10,16H,1-3H3. The molecule has 0 fully saturated rings. The van der Waals surface area contributed by atoms with E-state index in [1.807, 2.05) is 37.4 Å². The molecular formula is C16H17N3O3. The third kappa shape index (κ3) is 2.55. The predicted molar refractivity (Wildman–Crippen MR) is 81.9 cm³/mol. The van der Waals surface area contributed by atoms with E-state index in [9.17, 15) is 0 Å². The Hall–Kier alpha value is -2.76. The smallest absolute Gasteiger partial charge is 0.240 e. The van der Waals surface area contributed by atoms with Gasteiger partial charge in [0.25, 0.3) is 0 Å². The second-order valence-electron chi connectivity index (χ2n) is 4.79. The molecule has 1 aromatic heterocycles. The number of nitrogens with zero attached hydrogens (tertiary/aromatic N) is 3. The van der Waals surface area contributed by atoms with Crippen molar-refractivity contribution < 1.29 is 14.2 Å². The third-order valence-electron chi connectivity index (χ3n) is 3.44. The van der Waals surface area contributed by atoms with Crippen LogP contribution in [0.1, 0.15) is 17.4 Å². The van der Waals surface area contributed by atoms with Crippen LogP contribution in [0.25, 0.3) is 0 Å². The van der Waals surface area contributed by atoms with Gasteiger partial charge in [-0.25, -0.2) is 0 Å². The molecule has 0 N–H and O–H groups in total. The lowest BCUT2D eigenvalue weighted by molar-refractivity contribution is 0.0751. The SMILES string of the molecule is COc1ccc(OC)c(C2OC(c3ccncc3)=NN2C)c1. The molecule has 6 nitrogen and oxygen atoms in total. The highest BCUT2D eigenvalue weighted by atomic mass is 16.5. The average molecular weight is 299 g/mol. The molecule has 0 aliphatic carbocycles. The summed E-state index contributed by atoms with van der Waals surface area (Å²) in [4.78, 5) is 4.00. The highest BCUT2D eigenvalue weighted by Crippen LogP contribution is 2.36. The number of hydrazone groups is 1. The fraction of sp³-hybridized carbons (Fsp3) is 0.250. The Balaban J connectivity index is 1.92. The number of benzene rings is 1. The Morgan fingerprint density at radius 1 is 1.09 bits per heavy atom. The number of hydrogen-bond acceptors (Lipinski definition) is 6. The second kappa shape index (κ2) is 5.93. The summed E-state index contributed by atoms with van der Waals surface area (Å²) in [5, 5.41) is 6.21. The van der Waals surface area contributed by atoms with Crippen LogP contribution in [0.4, 0.5) is 0 Å². The first kappa shape index (κ1) is 14.2. The zero-order valence-electron chi connectivity index (χ0n) is 12.7. The molecule has 0 bridgehead atoms. The molecule has 0 saturated carbocycles. The fourth-order valence-electron chi connectivity index (χ4n) is 2.32. The molecule has 6 heteroatoms. The lowest BCUT2D eigenvalue weighted by Crippen LogP contribution is -2.17. The Morgan fingerprint density at radius 2 is 1.86 bits per heavy atom. The van der Waals surface area contributed by atoms with Crippen molar-refractivity contribution in [3.63, 3.8) is 0 Å². The van der Waals surface area contributed by atoms with Gasteiger partial charge in [0.15, 0.2) is 0 Å². The molecular weight excluding hydrogens is 282 g/mol. The van der Waals surface area contributed by atoms with Crippen LogP contribution in [0, 0.1) is 0 Å². The summed E-state index contributed by atoms with van der Waals surface area (Å²) >= 11 is 0. The van der Waals surface area contributed by atoms with E-state index >= 15 is 0 Å². The van der Waals surface area contributed by atoms with Crippen molar-refractivity contribution in [1.29, 1.82) is 0 Å². The second-order valence-corrected chi connectivity index (χ2v) is 4.79. The number of ether oxygens (including phenoxy) is 3. The van der Waals surface area contributed by atoms with Gasteiger partial charge in [-0.1, -0.05) is 0 Å². The van der Waals surface area contributed by atoms with Crippen molar-refractivity contribution in [2.45, 2.75) is 6.23 Å². The number of methoxy groups -OCH3 is 2. The average Bonchev–Trinajstić information content (AvgIpc) is 2.96. The summed E-state index contributed by atoms with van der Waals surface area (Å²) in [7, 11) is 5.12. The van der Waals surface area contributed by atoms with E-state index in [4.69, 9.17) is 14.2 Å². The Kier molecular flexibility index (Phi) is 3.82. The normalized spacial score (nSPS) is 17.0. The molecule has 1 unspecified atom stereocenters. The molecule has 0 saturated heterocycles. The minimum atomic E-state index is -0.367. The zero-order chi connectivity index (χ0) is 15.5. The number of rotatable bonds is 4.